The van der Waals surface area contributed by atoms with E-state index in [1.165, 1.54) is 5.96 Å². The zero-order valence-corrected chi connectivity index (χ0v) is 7.58. The van der Waals surface area contributed by atoms with Crippen LogP contribution < -0.4 is 5.32 Å². The largest absolute Gasteiger partial charge is 0.344 e. The Kier molecular flexibility index (Phi) is 2.17. The number of hydrogen-bond acceptors (Lipinski definition) is 4. The Balaban J connectivity index is 1.97. The maximum absolute atomic E-state index is 4.48. The van der Waals surface area contributed by atoms with Crippen LogP contribution in [-0.2, 0) is 0 Å². The number of piperazine rings is 1. The van der Waals surface area contributed by atoms with Gasteiger partial charge in [-0.05, 0) is 0 Å². The average Bonchev–Trinajstić information content (AvgIpc) is 2.53. The van der Waals surface area contributed by atoms with Crippen molar-refractivity contribution in [1.29, 1.82) is 0 Å². The van der Waals surface area contributed by atoms with Crippen molar-refractivity contribution in [2.45, 2.75) is 0 Å². The van der Waals surface area contributed by atoms with Gasteiger partial charge in [0.05, 0.1) is 6.54 Å². The lowest BCUT2D eigenvalue weighted by Crippen LogP contribution is -2.50. The van der Waals surface area contributed by atoms with Crippen LogP contribution >= 0.6 is 0 Å². The fraction of sp³-hybridized carbons (Fsp3) is 0.875. The second kappa shape index (κ2) is 3.31. The molecule has 0 atom stereocenters. The van der Waals surface area contributed by atoms with Gasteiger partial charge in [0.25, 0.3) is 0 Å². The smallest absolute Gasteiger partial charge is 0.196 e. The Morgan fingerprint density at radius 2 is 2.00 bits per heavy atom. The summed E-state index contributed by atoms with van der Waals surface area (Å²) in [5.41, 5.74) is 0. The lowest BCUT2D eigenvalue weighted by Gasteiger charge is -2.32. The van der Waals surface area contributed by atoms with Crippen LogP contribution in [0.5, 0.6) is 0 Å². The summed E-state index contributed by atoms with van der Waals surface area (Å²) in [6.45, 7) is 6.43. The lowest BCUT2D eigenvalue weighted by molar-refractivity contribution is 0.322. The molecule has 0 aliphatic carbocycles. The second-order valence-corrected chi connectivity index (χ2v) is 3.34. The van der Waals surface area contributed by atoms with E-state index in [0.717, 1.165) is 39.3 Å². The first-order valence-corrected chi connectivity index (χ1v) is 4.59. The molecule has 68 valence electrons. The number of nitrogens with one attached hydrogen (secondary N) is 1. The molecular weight excluding hydrogens is 152 g/mol. The first-order chi connectivity index (χ1) is 5.88. The third kappa shape index (κ3) is 1.39. The minimum absolute atomic E-state index is 0.968. The standard InChI is InChI=1S/C8H16N4/c1-11-5-4-10-8(11)12-6-2-9-3-7-12/h9H,2-7H2,1H3. The molecular formula is C8H16N4. The molecule has 0 aromatic rings. The van der Waals surface area contributed by atoms with Crippen LogP contribution in [-0.4, -0.2) is 62.1 Å². The molecule has 1 saturated heterocycles. The van der Waals surface area contributed by atoms with Crippen molar-refractivity contribution in [1.82, 2.24) is 15.1 Å². The van der Waals surface area contributed by atoms with Crippen LogP contribution in [0.15, 0.2) is 4.99 Å². The summed E-state index contributed by atoms with van der Waals surface area (Å²) in [5, 5.41) is 3.34. The predicted molar refractivity (Wildman–Crippen MR) is 49.4 cm³/mol. The van der Waals surface area contributed by atoms with E-state index in [1.54, 1.807) is 0 Å². The van der Waals surface area contributed by atoms with Crippen molar-refractivity contribution in [2.75, 3.05) is 46.3 Å². The minimum Gasteiger partial charge on any atom is -0.344 e. The van der Waals surface area contributed by atoms with Gasteiger partial charge in [-0.15, -0.1) is 0 Å². The van der Waals surface area contributed by atoms with Gasteiger partial charge >= 0.3 is 0 Å². The van der Waals surface area contributed by atoms with E-state index in [9.17, 15) is 0 Å². The zero-order valence-electron chi connectivity index (χ0n) is 7.58. The van der Waals surface area contributed by atoms with E-state index < -0.39 is 0 Å². The van der Waals surface area contributed by atoms with E-state index >= 15 is 0 Å². The first kappa shape index (κ1) is 7.86. The van der Waals surface area contributed by atoms with Crippen molar-refractivity contribution >= 4 is 5.96 Å². The number of rotatable bonds is 0. The second-order valence-electron chi connectivity index (χ2n) is 3.34. The van der Waals surface area contributed by atoms with E-state index in [-0.39, 0.29) is 0 Å². The van der Waals surface area contributed by atoms with E-state index in [0.29, 0.717) is 0 Å². The molecule has 12 heavy (non-hydrogen) atoms. The van der Waals surface area contributed by atoms with Crippen molar-refractivity contribution in [2.24, 2.45) is 4.99 Å². The number of nitrogens with zero attached hydrogens (tertiary/aromatic N) is 3. The summed E-state index contributed by atoms with van der Waals surface area (Å²) in [6, 6.07) is 0. The third-order valence-corrected chi connectivity index (χ3v) is 2.43. The maximum Gasteiger partial charge on any atom is 0.196 e. The molecule has 0 saturated carbocycles. The molecule has 2 heterocycles. The topological polar surface area (TPSA) is 30.9 Å². The Morgan fingerprint density at radius 1 is 1.25 bits per heavy atom. The summed E-state index contributed by atoms with van der Waals surface area (Å²) in [5.74, 6) is 1.19. The summed E-state index contributed by atoms with van der Waals surface area (Å²) in [7, 11) is 2.12. The number of hydrogen-bond donors (Lipinski definition) is 1. The fourth-order valence-corrected chi connectivity index (χ4v) is 1.73. The van der Waals surface area contributed by atoms with Gasteiger partial charge in [-0.3, -0.25) is 4.99 Å². The van der Waals surface area contributed by atoms with Gasteiger partial charge < -0.3 is 15.1 Å². The molecule has 0 unspecified atom stereocenters. The minimum atomic E-state index is 0.968. The highest BCUT2D eigenvalue weighted by Gasteiger charge is 2.20. The molecule has 0 radical (unpaired) electrons. The van der Waals surface area contributed by atoms with Gasteiger partial charge in [-0.25, -0.2) is 0 Å². The monoisotopic (exact) mass is 168 g/mol. The summed E-state index contributed by atoms with van der Waals surface area (Å²) < 4.78 is 0. The van der Waals surface area contributed by atoms with Crippen LogP contribution in [0.4, 0.5) is 0 Å². The highest BCUT2D eigenvalue weighted by Crippen LogP contribution is 2.04. The van der Waals surface area contributed by atoms with Crippen molar-refractivity contribution in [3.8, 4) is 0 Å². The van der Waals surface area contributed by atoms with Gasteiger partial charge in [-0.1, -0.05) is 0 Å². The first-order valence-electron chi connectivity index (χ1n) is 4.59. The molecule has 0 spiro atoms. The normalized spacial score (nSPS) is 24.6. The molecule has 2 aliphatic rings. The van der Waals surface area contributed by atoms with Crippen LogP contribution in [0, 0.1) is 0 Å². The Morgan fingerprint density at radius 3 is 2.58 bits per heavy atom. The molecule has 2 rings (SSSR count). The Bertz CT molecular complexity index is 183. The average molecular weight is 168 g/mol. The van der Waals surface area contributed by atoms with Crippen LogP contribution in [0.3, 0.4) is 0 Å². The lowest BCUT2D eigenvalue weighted by atomic mass is 10.4. The van der Waals surface area contributed by atoms with Gasteiger partial charge in [0.2, 0.25) is 0 Å². The summed E-state index contributed by atoms with van der Waals surface area (Å²) in [6.07, 6.45) is 0. The van der Waals surface area contributed by atoms with E-state index in [2.05, 4.69) is 27.2 Å². The molecule has 4 heteroatoms. The number of likely N-dealkylation sites (N-methyl/N-ethyl adjacent to an activating group) is 1. The zero-order chi connectivity index (χ0) is 8.39. The SMILES string of the molecule is CN1CCN=C1N1CCNCC1. The van der Waals surface area contributed by atoms with Gasteiger partial charge in [0.15, 0.2) is 5.96 Å². The van der Waals surface area contributed by atoms with Gasteiger partial charge in [-0.2, -0.15) is 0 Å². The molecule has 1 fully saturated rings. The quantitative estimate of drug-likeness (QED) is 0.513. The van der Waals surface area contributed by atoms with Crippen molar-refractivity contribution in [3.63, 3.8) is 0 Å². The fourth-order valence-electron chi connectivity index (χ4n) is 1.73. The maximum atomic E-state index is 4.48. The Hall–Kier alpha value is -0.770. The molecule has 0 aromatic carbocycles. The molecule has 2 aliphatic heterocycles. The predicted octanol–water partition coefficient (Wildman–Crippen LogP) is -0.807. The summed E-state index contributed by atoms with van der Waals surface area (Å²) >= 11 is 0. The van der Waals surface area contributed by atoms with Crippen LogP contribution in [0.25, 0.3) is 0 Å². The Labute approximate surface area is 73.2 Å². The number of aliphatic imine (C=N–C) groups is 1. The van der Waals surface area contributed by atoms with Gasteiger partial charge in [0, 0.05) is 39.8 Å². The highest BCUT2D eigenvalue weighted by molar-refractivity contribution is 5.81. The number of guanidine groups is 1. The molecule has 0 amide bonds. The molecule has 1 N–H and O–H groups in total. The molecule has 0 bridgehead atoms. The van der Waals surface area contributed by atoms with E-state index in [4.69, 9.17) is 0 Å². The van der Waals surface area contributed by atoms with Gasteiger partial charge in [0.1, 0.15) is 0 Å². The molecule has 0 aromatic heterocycles. The third-order valence-electron chi connectivity index (χ3n) is 2.43. The van der Waals surface area contributed by atoms with Crippen molar-refractivity contribution < 1.29 is 0 Å². The summed E-state index contributed by atoms with van der Waals surface area (Å²) in [4.78, 5) is 9.09. The molecule has 4 nitrogen and oxygen atoms in total. The van der Waals surface area contributed by atoms with Crippen LogP contribution in [0.2, 0.25) is 0 Å². The highest BCUT2D eigenvalue weighted by atomic mass is 15.4. The van der Waals surface area contributed by atoms with Crippen LogP contribution in [0.1, 0.15) is 0 Å². The van der Waals surface area contributed by atoms with E-state index in [1.807, 2.05) is 0 Å². The van der Waals surface area contributed by atoms with Crippen molar-refractivity contribution in [3.05, 3.63) is 0 Å².